The molecule has 2 aromatic carbocycles. The molecule has 2 amide bonds. The zero-order valence-electron chi connectivity index (χ0n) is 19.4. The van der Waals surface area contributed by atoms with E-state index in [0.717, 1.165) is 0 Å². The number of esters is 1. The summed E-state index contributed by atoms with van der Waals surface area (Å²) in [6.45, 7) is 0.236. The Balaban J connectivity index is 1.53. The molecule has 9 nitrogen and oxygen atoms in total. The van der Waals surface area contributed by atoms with Crippen LogP contribution in [-0.2, 0) is 14.3 Å². The molecular weight excluding hydrogens is 440 g/mol. The van der Waals surface area contributed by atoms with E-state index < -0.39 is 0 Å². The minimum Gasteiger partial charge on any atom is -0.496 e. The lowest BCUT2D eigenvalue weighted by Crippen LogP contribution is -2.53. The number of carbonyl (C=O) groups is 3. The molecule has 2 heterocycles. The van der Waals surface area contributed by atoms with Gasteiger partial charge in [0.15, 0.2) is 0 Å². The molecular formula is C25H28N2O7. The first-order valence-corrected chi connectivity index (χ1v) is 11.1. The molecule has 1 saturated heterocycles. The van der Waals surface area contributed by atoms with Crippen molar-refractivity contribution >= 4 is 23.5 Å². The van der Waals surface area contributed by atoms with Crippen LogP contribution in [0.4, 0.5) is 5.69 Å². The monoisotopic (exact) mass is 468 g/mol. The lowest BCUT2D eigenvalue weighted by molar-refractivity contribution is -0.151. The average Bonchev–Trinajstić information content (AvgIpc) is 2.86. The van der Waals surface area contributed by atoms with E-state index in [1.165, 1.54) is 14.2 Å². The molecule has 0 unspecified atom stereocenters. The van der Waals surface area contributed by atoms with Crippen LogP contribution in [0.15, 0.2) is 42.5 Å². The van der Waals surface area contributed by atoms with E-state index in [9.17, 15) is 14.4 Å². The number of nitrogens with one attached hydrogen (secondary N) is 1. The van der Waals surface area contributed by atoms with E-state index in [0.29, 0.717) is 41.2 Å². The minimum absolute atomic E-state index is 0.170. The van der Waals surface area contributed by atoms with Gasteiger partial charge in [-0.2, -0.15) is 0 Å². The molecule has 180 valence electrons. The van der Waals surface area contributed by atoms with Crippen molar-refractivity contribution in [3.8, 4) is 11.5 Å². The lowest BCUT2D eigenvalue weighted by atomic mass is 9.94. The number of rotatable bonds is 5. The number of ether oxygens (including phenoxy) is 4. The first kappa shape index (κ1) is 23.6. The number of likely N-dealkylation sites (N-methyl/N-ethyl adjacent to an activating group) is 1. The first-order valence-electron chi connectivity index (χ1n) is 11.1. The number of carbonyl (C=O) groups excluding carboxylic acids is 3. The summed E-state index contributed by atoms with van der Waals surface area (Å²) in [5.74, 6) is -0.0355. The maximum Gasteiger partial charge on any atom is 0.308 e. The fourth-order valence-corrected chi connectivity index (χ4v) is 4.41. The van der Waals surface area contributed by atoms with Crippen molar-refractivity contribution in [1.29, 1.82) is 0 Å². The number of amides is 2. The quantitative estimate of drug-likeness (QED) is 0.673. The number of hydrogen-bond donors (Lipinski definition) is 1. The molecule has 4 rings (SSSR count). The van der Waals surface area contributed by atoms with E-state index >= 15 is 0 Å². The highest BCUT2D eigenvalue weighted by atomic mass is 16.6. The van der Waals surface area contributed by atoms with Crippen LogP contribution in [0.5, 0.6) is 11.5 Å². The van der Waals surface area contributed by atoms with Gasteiger partial charge in [0.2, 0.25) is 0 Å². The standard InChI is InChI=1S/C25H28N2O7/c1-27-19-10-9-16(13-23(28)32-3)34-22(19)14-33-21-11-8-15(12-18(21)25(27)30)26-24(29)17-6-4-5-7-20(17)31-2/h4-8,11-12,16,19,22H,9-10,13-14H2,1-3H3,(H,26,29)/t16-,19+,22+/m1/s1. The van der Waals surface area contributed by atoms with E-state index in [1.807, 2.05) is 0 Å². The summed E-state index contributed by atoms with van der Waals surface area (Å²) in [5, 5.41) is 2.83. The predicted octanol–water partition coefficient (Wildman–Crippen LogP) is 2.89. The van der Waals surface area contributed by atoms with Gasteiger partial charge in [0.1, 0.15) is 24.2 Å². The summed E-state index contributed by atoms with van der Waals surface area (Å²) in [6, 6.07) is 11.7. The van der Waals surface area contributed by atoms with Crippen molar-refractivity contribution in [2.75, 3.05) is 33.2 Å². The van der Waals surface area contributed by atoms with E-state index in [2.05, 4.69) is 5.32 Å². The molecule has 0 bridgehead atoms. The third-order valence-corrected chi connectivity index (χ3v) is 6.24. The van der Waals surface area contributed by atoms with Crippen molar-refractivity contribution in [3.05, 3.63) is 53.6 Å². The second kappa shape index (κ2) is 10.1. The number of methoxy groups -OCH3 is 2. The van der Waals surface area contributed by atoms with Crippen molar-refractivity contribution < 1.29 is 33.3 Å². The Morgan fingerprint density at radius 3 is 2.71 bits per heavy atom. The van der Waals surface area contributed by atoms with Crippen LogP contribution in [0, 0.1) is 0 Å². The maximum absolute atomic E-state index is 13.3. The Hall–Kier alpha value is -3.59. The van der Waals surface area contributed by atoms with Gasteiger partial charge in [-0.05, 0) is 43.2 Å². The topological polar surface area (TPSA) is 103 Å². The largest absolute Gasteiger partial charge is 0.496 e. The molecule has 0 spiro atoms. The zero-order chi connectivity index (χ0) is 24.2. The molecule has 9 heteroatoms. The molecule has 0 aliphatic carbocycles. The van der Waals surface area contributed by atoms with Crippen molar-refractivity contribution in [1.82, 2.24) is 4.90 Å². The summed E-state index contributed by atoms with van der Waals surface area (Å²) in [4.78, 5) is 39.4. The normalized spacial score (nSPS) is 21.8. The SMILES string of the molecule is COC(=O)C[C@H]1CC[C@H]2[C@H](COc3ccc(NC(=O)c4ccccc4OC)cc3C(=O)N2C)O1. The van der Waals surface area contributed by atoms with Gasteiger partial charge in [-0.3, -0.25) is 14.4 Å². The summed E-state index contributed by atoms with van der Waals surface area (Å²) < 4.78 is 22.1. The summed E-state index contributed by atoms with van der Waals surface area (Å²) in [5.41, 5.74) is 1.21. The fourth-order valence-electron chi connectivity index (χ4n) is 4.41. The van der Waals surface area contributed by atoms with Gasteiger partial charge in [-0.15, -0.1) is 0 Å². The van der Waals surface area contributed by atoms with Crippen LogP contribution in [0.2, 0.25) is 0 Å². The summed E-state index contributed by atoms with van der Waals surface area (Å²) in [7, 11) is 4.59. The van der Waals surface area contributed by atoms with Gasteiger partial charge >= 0.3 is 5.97 Å². The van der Waals surface area contributed by atoms with Crippen LogP contribution in [0.3, 0.4) is 0 Å². The Bertz CT molecular complexity index is 1090. The number of nitrogens with zero attached hydrogens (tertiary/aromatic N) is 1. The van der Waals surface area contributed by atoms with Gasteiger partial charge < -0.3 is 29.2 Å². The molecule has 0 aromatic heterocycles. The molecule has 0 saturated carbocycles. The molecule has 1 N–H and O–H groups in total. The van der Waals surface area contributed by atoms with E-state index in [4.69, 9.17) is 18.9 Å². The van der Waals surface area contributed by atoms with Gasteiger partial charge in [0.25, 0.3) is 11.8 Å². The molecule has 0 radical (unpaired) electrons. The van der Waals surface area contributed by atoms with Crippen LogP contribution in [0.25, 0.3) is 0 Å². The third-order valence-electron chi connectivity index (χ3n) is 6.24. The Labute approximate surface area is 197 Å². The third kappa shape index (κ3) is 4.84. The van der Waals surface area contributed by atoms with Crippen molar-refractivity contribution in [2.24, 2.45) is 0 Å². The summed E-state index contributed by atoms with van der Waals surface area (Å²) in [6.07, 6.45) is 0.846. The Morgan fingerprint density at radius 1 is 1.15 bits per heavy atom. The second-order valence-electron chi connectivity index (χ2n) is 8.31. The van der Waals surface area contributed by atoms with Gasteiger partial charge in [0, 0.05) is 12.7 Å². The molecule has 2 aliphatic heterocycles. The lowest BCUT2D eigenvalue weighted by Gasteiger charge is -2.42. The maximum atomic E-state index is 13.3. The van der Waals surface area contributed by atoms with Crippen LogP contribution in [0.1, 0.15) is 40.0 Å². The second-order valence-corrected chi connectivity index (χ2v) is 8.31. The molecule has 2 aliphatic rings. The number of anilines is 1. The average molecular weight is 469 g/mol. The van der Waals surface area contributed by atoms with Crippen LogP contribution < -0.4 is 14.8 Å². The number of fused-ring (bicyclic) bond motifs is 2. The minimum atomic E-state index is -0.365. The molecule has 1 fully saturated rings. The van der Waals surface area contributed by atoms with E-state index in [-0.39, 0.29) is 49.1 Å². The van der Waals surface area contributed by atoms with Crippen molar-refractivity contribution in [3.63, 3.8) is 0 Å². The molecule has 3 atom stereocenters. The number of para-hydroxylation sites is 1. The van der Waals surface area contributed by atoms with Gasteiger partial charge in [-0.25, -0.2) is 0 Å². The highest BCUT2D eigenvalue weighted by molar-refractivity contribution is 6.07. The Morgan fingerprint density at radius 2 is 1.94 bits per heavy atom. The van der Waals surface area contributed by atoms with Gasteiger partial charge in [-0.1, -0.05) is 12.1 Å². The highest BCUT2D eigenvalue weighted by Crippen LogP contribution is 2.33. The highest BCUT2D eigenvalue weighted by Gasteiger charge is 2.39. The Kier molecular flexibility index (Phi) is 7.02. The zero-order valence-corrected chi connectivity index (χ0v) is 19.4. The number of benzene rings is 2. The fraction of sp³-hybridized carbons (Fsp3) is 0.400. The van der Waals surface area contributed by atoms with E-state index in [1.54, 1.807) is 54.4 Å². The smallest absolute Gasteiger partial charge is 0.308 e. The predicted molar refractivity (Wildman–Crippen MR) is 123 cm³/mol. The molecule has 2 aromatic rings. The summed E-state index contributed by atoms with van der Waals surface area (Å²) >= 11 is 0. The van der Waals surface area contributed by atoms with Gasteiger partial charge in [0.05, 0.1) is 43.9 Å². The number of hydrogen-bond acceptors (Lipinski definition) is 7. The molecule has 34 heavy (non-hydrogen) atoms. The first-order chi connectivity index (χ1) is 16.4. The van der Waals surface area contributed by atoms with Crippen LogP contribution in [-0.4, -0.2) is 68.8 Å². The van der Waals surface area contributed by atoms with Crippen molar-refractivity contribution in [2.45, 2.75) is 37.5 Å². The van der Waals surface area contributed by atoms with Crippen LogP contribution >= 0.6 is 0 Å².